The molecule has 2 aromatic heterocycles. The standard InChI is InChI=1S/C9H9N5S/c10-14-9-12-6-4-8(13-9)15-7-3-1-2-5-11-7/h1-6H,10H2,(H,12,13,14). The summed E-state index contributed by atoms with van der Waals surface area (Å²) in [5.41, 5.74) is 2.40. The maximum atomic E-state index is 5.21. The molecule has 5 nitrogen and oxygen atoms in total. The van der Waals surface area contributed by atoms with Crippen molar-refractivity contribution in [1.29, 1.82) is 0 Å². The van der Waals surface area contributed by atoms with Gasteiger partial charge in [-0.25, -0.2) is 20.8 Å². The molecular weight excluding hydrogens is 210 g/mol. The average Bonchev–Trinajstić information content (AvgIpc) is 2.31. The number of pyridine rings is 1. The van der Waals surface area contributed by atoms with Gasteiger partial charge in [-0.3, -0.25) is 5.43 Å². The zero-order chi connectivity index (χ0) is 10.5. The second-order valence-corrected chi connectivity index (χ2v) is 3.67. The Morgan fingerprint density at radius 1 is 1.07 bits per heavy atom. The monoisotopic (exact) mass is 219 g/mol. The molecule has 0 saturated heterocycles. The Morgan fingerprint density at radius 2 is 2.00 bits per heavy atom. The van der Waals surface area contributed by atoms with Crippen molar-refractivity contribution in [2.45, 2.75) is 10.1 Å². The van der Waals surface area contributed by atoms with E-state index in [-0.39, 0.29) is 0 Å². The van der Waals surface area contributed by atoms with Crippen LogP contribution in [0.25, 0.3) is 0 Å². The summed E-state index contributed by atoms with van der Waals surface area (Å²) in [4.78, 5) is 12.3. The molecule has 2 aromatic rings. The molecular formula is C9H9N5S. The van der Waals surface area contributed by atoms with Gasteiger partial charge in [0.2, 0.25) is 5.95 Å². The predicted molar refractivity (Wildman–Crippen MR) is 58.2 cm³/mol. The Hall–Kier alpha value is -1.66. The highest BCUT2D eigenvalue weighted by molar-refractivity contribution is 7.99. The SMILES string of the molecule is NNc1nccc(Sc2ccccn2)n1. The number of anilines is 1. The fraction of sp³-hybridized carbons (Fsp3) is 0. The lowest BCUT2D eigenvalue weighted by molar-refractivity contribution is 1.02. The largest absolute Gasteiger partial charge is 0.292 e. The molecule has 0 aliphatic rings. The third-order valence-electron chi connectivity index (χ3n) is 1.61. The van der Waals surface area contributed by atoms with E-state index in [9.17, 15) is 0 Å². The lowest BCUT2D eigenvalue weighted by Crippen LogP contribution is -2.10. The van der Waals surface area contributed by atoms with Crippen molar-refractivity contribution in [3.63, 3.8) is 0 Å². The topological polar surface area (TPSA) is 76.7 Å². The van der Waals surface area contributed by atoms with Crippen molar-refractivity contribution < 1.29 is 0 Å². The summed E-state index contributed by atoms with van der Waals surface area (Å²) in [5.74, 6) is 5.61. The first-order valence-electron chi connectivity index (χ1n) is 4.27. The molecule has 3 N–H and O–H groups in total. The van der Waals surface area contributed by atoms with Crippen LogP contribution in [0.5, 0.6) is 0 Å². The molecule has 0 aliphatic carbocycles. The van der Waals surface area contributed by atoms with Gasteiger partial charge in [0.05, 0.1) is 0 Å². The number of hydrogen-bond donors (Lipinski definition) is 2. The first-order chi connectivity index (χ1) is 7.38. The molecule has 0 amide bonds. The molecule has 0 fully saturated rings. The maximum absolute atomic E-state index is 5.21. The molecule has 0 aliphatic heterocycles. The van der Waals surface area contributed by atoms with E-state index in [1.165, 1.54) is 11.8 Å². The molecule has 0 spiro atoms. The van der Waals surface area contributed by atoms with Crippen molar-refractivity contribution in [3.05, 3.63) is 36.7 Å². The Labute approximate surface area is 91.1 Å². The van der Waals surface area contributed by atoms with Crippen LogP contribution in [0.3, 0.4) is 0 Å². The summed E-state index contributed by atoms with van der Waals surface area (Å²) in [6, 6.07) is 7.53. The van der Waals surface area contributed by atoms with Crippen LogP contribution in [0.4, 0.5) is 5.95 Å². The van der Waals surface area contributed by atoms with Crippen molar-refractivity contribution in [2.24, 2.45) is 5.84 Å². The minimum atomic E-state index is 0.399. The molecule has 15 heavy (non-hydrogen) atoms. The number of nitrogens with two attached hydrogens (primary N) is 1. The van der Waals surface area contributed by atoms with Gasteiger partial charge in [0.1, 0.15) is 10.1 Å². The van der Waals surface area contributed by atoms with Gasteiger partial charge in [-0.15, -0.1) is 0 Å². The van der Waals surface area contributed by atoms with Gasteiger partial charge >= 0.3 is 0 Å². The van der Waals surface area contributed by atoms with E-state index < -0.39 is 0 Å². The van der Waals surface area contributed by atoms with Crippen molar-refractivity contribution in [1.82, 2.24) is 15.0 Å². The Bertz CT molecular complexity index is 434. The molecule has 0 aromatic carbocycles. The zero-order valence-corrected chi connectivity index (χ0v) is 8.61. The highest BCUT2D eigenvalue weighted by Gasteiger charge is 2.00. The second-order valence-electron chi connectivity index (χ2n) is 2.63. The molecule has 0 saturated carbocycles. The highest BCUT2D eigenvalue weighted by Crippen LogP contribution is 2.23. The van der Waals surface area contributed by atoms with Crippen LogP contribution < -0.4 is 11.3 Å². The number of aromatic nitrogens is 3. The van der Waals surface area contributed by atoms with Crippen LogP contribution in [0.1, 0.15) is 0 Å². The van der Waals surface area contributed by atoms with Crippen molar-refractivity contribution in [2.75, 3.05) is 5.43 Å². The lowest BCUT2D eigenvalue weighted by Gasteiger charge is -2.01. The predicted octanol–water partition coefficient (Wildman–Crippen LogP) is 1.31. The van der Waals surface area contributed by atoms with E-state index in [1.807, 2.05) is 18.2 Å². The van der Waals surface area contributed by atoms with E-state index in [2.05, 4.69) is 20.4 Å². The van der Waals surface area contributed by atoms with E-state index in [1.54, 1.807) is 18.5 Å². The third kappa shape index (κ3) is 2.64. The number of nitrogens with zero attached hydrogens (tertiary/aromatic N) is 3. The van der Waals surface area contributed by atoms with Gasteiger partial charge in [-0.2, -0.15) is 0 Å². The molecule has 0 atom stereocenters. The second kappa shape index (κ2) is 4.72. The molecule has 2 rings (SSSR count). The highest BCUT2D eigenvalue weighted by atomic mass is 32.2. The molecule has 0 radical (unpaired) electrons. The minimum absolute atomic E-state index is 0.399. The number of nitrogen functional groups attached to an aromatic ring is 1. The Kier molecular flexibility index (Phi) is 3.11. The van der Waals surface area contributed by atoms with Crippen LogP contribution in [-0.2, 0) is 0 Å². The smallest absolute Gasteiger partial charge is 0.238 e. The van der Waals surface area contributed by atoms with Gasteiger partial charge in [-0.05, 0) is 30.0 Å². The number of rotatable bonds is 3. The maximum Gasteiger partial charge on any atom is 0.238 e. The van der Waals surface area contributed by atoms with Crippen molar-refractivity contribution >= 4 is 17.7 Å². The average molecular weight is 219 g/mol. The van der Waals surface area contributed by atoms with Crippen LogP contribution in [-0.4, -0.2) is 15.0 Å². The minimum Gasteiger partial charge on any atom is -0.292 e. The number of hydrazine groups is 1. The summed E-state index contributed by atoms with van der Waals surface area (Å²) < 4.78 is 0. The van der Waals surface area contributed by atoms with Gasteiger partial charge in [0.15, 0.2) is 0 Å². The number of hydrogen-bond acceptors (Lipinski definition) is 6. The Balaban J connectivity index is 2.17. The Morgan fingerprint density at radius 3 is 2.73 bits per heavy atom. The van der Waals surface area contributed by atoms with Crippen LogP contribution in [0.2, 0.25) is 0 Å². The summed E-state index contributed by atoms with van der Waals surface area (Å²) in [7, 11) is 0. The fourth-order valence-corrected chi connectivity index (χ4v) is 1.72. The summed E-state index contributed by atoms with van der Waals surface area (Å²) in [5, 5.41) is 1.69. The molecule has 0 unspecified atom stereocenters. The van der Waals surface area contributed by atoms with E-state index in [4.69, 9.17) is 5.84 Å². The molecule has 0 bridgehead atoms. The van der Waals surface area contributed by atoms with E-state index in [0.29, 0.717) is 5.95 Å². The molecule has 76 valence electrons. The van der Waals surface area contributed by atoms with Crippen molar-refractivity contribution in [3.8, 4) is 0 Å². The third-order valence-corrected chi connectivity index (χ3v) is 2.49. The lowest BCUT2D eigenvalue weighted by atomic mass is 10.5. The van der Waals surface area contributed by atoms with E-state index in [0.717, 1.165) is 10.1 Å². The van der Waals surface area contributed by atoms with Gasteiger partial charge in [0.25, 0.3) is 0 Å². The normalized spacial score (nSPS) is 9.93. The fourth-order valence-electron chi connectivity index (χ4n) is 0.983. The van der Waals surface area contributed by atoms with Crippen LogP contribution in [0, 0.1) is 0 Å². The summed E-state index contributed by atoms with van der Waals surface area (Å²) >= 11 is 1.46. The zero-order valence-electron chi connectivity index (χ0n) is 7.79. The number of nitrogens with one attached hydrogen (secondary N) is 1. The van der Waals surface area contributed by atoms with Crippen LogP contribution in [0.15, 0.2) is 46.7 Å². The first-order valence-corrected chi connectivity index (χ1v) is 5.08. The van der Waals surface area contributed by atoms with Gasteiger partial charge in [-0.1, -0.05) is 6.07 Å². The van der Waals surface area contributed by atoms with Gasteiger partial charge in [0, 0.05) is 12.4 Å². The first kappa shape index (κ1) is 9.88. The van der Waals surface area contributed by atoms with E-state index >= 15 is 0 Å². The van der Waals surface area contributed by atoms with Gasteiger partial charge < -0.3 is 0 Å². The summed E-state index contributed by atoms with van der Waals surface area (Å²) in [6.07, 6.45) is 3.39. The molecule has 6 heteroatoms. The molecule has 2 heterocycles. The summed E-state index contributed by atoms with van der Waals surface area (Å²) in [6.45, 7) is 0. The van der Waals surface area contributed by atoms with Crippen LogP contribution >= 0.6 is 11.8 Å². The quantitative estimate of drug-likeness (QED) is 0.460.